The van der Waals surface area contributed by atoms with Crippen LogP contribution in [0.5, 0.6) is 0 Å². The standard InChI is InChI=1S/C17H15Cl2N3O2/c18-10-2-1-9(7-11(10)19)22-17(23)16-14-4-3-13(24-14)15(16)12-5-6-20-8-21-12/h1-2,5-8,13-16H,3-4H2,(H,22,23)/t13-,14+,15-,16+/m0/s1. The summed E-state index contributed by atoms with van der Waals surface area (Å²) in [7, 11) is 0. The van der Waals surface area contributed by atoms with Gasteiger partial charge in [0.05, 0.1) is 33.9 Å². The van der Waals surface area contributed by atoms with E-state index < -0.39 is 0 Å². The molecule has 1 N–H and O–H groups in total. The summed E-state index contributed by atoms with van der Waals surface area (Å²) < 4.78 is 5.99. The van der Waals surface area contributed by atoms with E-state index in [-0.39, 0.29) is 30.0 Å². The minimum Gasteiger partial charge on any atom is -0.373 e. The summed E-state index contributed by atoms with van der Waals surface area (Å²) in [4.78, 5) is 21.2. The van der Waals surface area contributed by atoms with E-state index in [1.165, 1.54) is 6.33 Å². The number of ether oxygens (including phenoxy) is 1. The maximum absolute atomic E-state index is 12.9. The first kappa shape index (κ1) is 15.8. The highest BCUT2D eigenvalue weighted by atomic mass is 35.5. The smallest absolute Gasteiger partial charge is 0.230 e. The van der Waals surface area contributed by atoms with Gasteiger partial charge >= 0.3 is 0 Å². The van der Waals surface area contributed by atoms with Gasteiger partial charge in [-0.3, -0.25) is 4.79 Å². The lowest BCUT2D eigenvalue weighted by Gasteiger charge is -2.26. The molecule has 2 bridgehead atoms. The molecule has 0 saturated carbocycles. The molecule has 0 unspecified atom stereocenters. The minimum absolute atomic E-state index is 0.0365. The zero-order valence-corrected chi connectivity index (χ0v) is 14.2. The number of hydrogen-bond donors (Lipinski definition) is 1. The van der Waals surface area contributed by atoms with E-state index in [9.17, 15) is 4.79 Å². The Morgan fingerprint density at radius 3 is 2.75 bits per heavy atom. The monoisotopic (exact) mass is 363 g/mol. The van der Waals surface area contributed by atoms with E-state index in [4.69, 9.17) is 27.9 Å². The van der Waals surface area contributed by atoms with Gasteiger partial charge < -0.3 is 10.1 Å². The Morgan fingerprint density at radius 2 is 2.00 bits per heavy atom. The largest absolute Gasteiger partial charge is 0.373 e. The van der Waals surface area contributed by atoms with Crippen molar-refractivity contribution in [1.82, 2.24) is 9.97 Å². The van der Waals surface area contributed by atoms with Gasteiger partial charge in [0.2, 0.25) is 5.91 Å². The zero-order valence-electron chi connectivity index (χ0n) is 12.7. The van der Waals surface area contributed by atoms with Crippen LogP contribution in [0.2, 0.25) is 10.0 Å². The van der Waals surface area contributed by atoms with E-state index >= 15 is 0 Å². The van der Waals surface area contributed by atoms with E-state index in [0.29, 0.717) is 15.7 Å². The molecule has 1 aromatic carbocycles. The number of carbonyl (C=O) groups is 1. The molecule has 2 fully saturated rings. The first-order valence-corrected chi connectivity index (χ1v) is 8.56. The van der Waals surface area contributed by atoms with Crippen molar-refractivity contribution in [2.45, 2.75) is 31.0 Å². The fraction of sp³-hybridized carbons (Fsp3) is 0.353. The van der Waals surface area contributed by atoms with Gasteiger partial charge in [-0.25, -0.2) is 9.97 Å². The van der Waals surface area contributed by atoms with E-state index in [1.807, 2.05) is 6.07 Å². The fourth-order valence-corrected chi connectivity index (χ4v) is 3.98. The van der Waals surface area contributed by atoms with Gasteiger partial charge in [0.15, 0.2) is 0 Å². The van der Waals surface area contributed by atoms with Crippen LogP contribution in [0.1, 0.15) is 24.5 Å². The number of halogens is 2. The molecule has 2 aliphatic rings. The van der Waals surface area contributed by atoms with E-state index in [2.05, 4.69) is 15.3 Å². The average molecular weight is 364 g/mol. The molecule has 2 saturated heterocycles. The Bertz CT molecular complexity index is 772. The first-order valence-electron chi connectivity index (χ1n) is 7.81. The van der Waals surface area contributed by atoms with Crippen LogP contribution in [-0.4, -0.2) is 28.1 Å². The number of hydrogen-bond acceptors (Lipinski definition) is 4. The van der Waals surface area contributed by atoms with Crippen molar-refractivity contribution < 1.29 is 9.53 Å². The van der Waals surface area contributed by atoms with E-state index in [0.717, 1.165) is 18.5 Å². The molecule has 0 spiro atoms. The molecule has 0 radical (unpaired) electrons. The quantitative estimate of drug-likeness (QED) is 0.903. The Balaban J connectivity index is 1.59. The second-order valence-electron chi connectivity index (χ2n) is 6.09. The topological polar surface area (TPSA) is 64.1 Å². The molecule has 1 amide bonds. The van der Waals surface area contributed by atoms with E-state index in [1.54, 1.807) is 24.4 Å². The summed E-state index contributed by atoms with van der Waals surface area (Å²) >= 11 is 11.9. The van der Waals surface area contributed by atoms with Crippen LogP contribution >= 0.6 is 23.2 Å². The minimum atomic E-state index is -0.270. The molecule has 7 heteroatoms. The number of rotatable bonds is 3. The molecule has 1 aromatic heterocycles. The lowest BCUT2D eigenvalue weighted by molar-refractivity contribution is -0.121. The third kappa shape index (κ3) is 2.77. The predicted octanol–water partition coefficient (Wildman–Crippen LogP) is 3.68. The lowest BCUT2D eigenvalue weighted by atomic mass is 9.77. The molecule has 3 heterocycles. The Labute approximate surface area is 149 Å². The molecule has 5 nitrogen and oxygen atoms in total. The van der Waals surface area contributed by atoms with Crippen LogP contribution in [0.3, 0.4) is 0 Å². The number of fused-ring (bicyclic) bond motifs is 2. The van der Waals surface area contributed by atoms with Crippen molar-refractivity contribution in [2.24, 2.45) is 5.92 Å². The van der Waals surface area contributed by atoms with Crippen molar-refractivity contribution >= 4 is 34.8 Å². The highest BCUT2D eigenvalue weighted by Gasteiger charge is 2.53. The van der Waals surface area contributed by atoms with Gasteiger partial charge in [0.1, 0.15) is 6.33 Å². The van der Waals surface area contributed by atoms with Gasteiger partial charge in [-0.05, 0) is 37.1 Å². The van der Waals surface area contributed by atoms with Crippen LogP contribution in [0.15, 0.2) is 36.8 Å². The van der Waals surface area contributed by atoms with Crippen LogP contribution in [-0.2, 0) is 9.53 Å². The van der Waals surface area contributed by atoms with Crippen LogP contribution in [0.25, 0.3) is 0 Å². The average Bonchev–Trinajstić information content (AvgIpc) is 3.20. The van der Waals surface area contributed by atoms with Crippen molar-refractivity contribution in [2.75, 3.05) is 5.32 Å². The number of anilines is 1. The molecular weight excluding hydrogens is 349 g/mol. The van der Waals surface area contributed by atoms with Gasteiger partial charge in [-0.2, -0.15) is 0 Å². The van der Waals surface area contributed by atoms with Crippen molar-refractivity contribution in [3.05, 3.63) is 52.5 Å². The third-order valence-corrected chi connectivity index (χ3v) is 5.45. The molecule has 24 heavy (non-hydrogen) atoms. The number of amides is 1. The second-order valence-corrected chi connectivity index (χ2v) is 6.91. The molecule has 0 aliphatic carbocycles. The van der Waals surface area contributed by atoms with Crippen LogP contribution < -0.4 is 5.32 Å². The summed E-state index contributed by atoms with van der Waals surface area (Å²) in [5.74, 6) is -0.396. The number of nitrogens with zero attached hydrogens (tertiary/aromatic N) is 2. The molecule has 2 aliphatic heterocycles. The number of carbonyl (C=O) groups excluding carboxylic acids is 1. The normalized spacial score (nSPS) is 28.1. The van der Waals surface area contributed by atoms with Gasteiger partial charge in [0, 0.05) is 17.8 Å². The second kappa shape index (κ2) is 6.31. The number of benzene rings is 1. The third-order valence-electron chi connectivity index (χ3n) is 4.71. The van der Waals surface area contributed by atoms with Gasteiger partial charge in [0.25, 0.3) is 0 Å². The number of nitrogens with one attached hydrogen (secondary N) is 1. The summed E-state index contributed by atoms with van der Waals surface area (Å²) in [6.07, 6.45) is 5.02. The maximum atomic E-state index is 12.9. The van der Waals surface area contributed by atoms with Crippen molar-refractivity contribution in [3.8, 4) is 0 Å². The molecule has 124 valence electrons. The summed E-state index contributed by atoms with van der Waals surface area (Å²) in [5.41, 5.74) is 1.48. The Hall–Kier alpha value is -1.69. The maximum Gasteiger partial charge on any atom is 0.230 e. The van der Waals surface area contributed by atoms with Gasteiger partial charge in [-0.1, -0.05) is 23.2 Å². The SMILES string of the molecule is O=C(Nc1ccc(Cl)c(Cl)c1)[C@H]1[C@@H](c2ccncn2)[C@@H]2CC[C@H]1O2. The van der Waals surface area contributed by atoms with Crippen LogP contribution in [0, 0.1) is 5.92 Å². The fourth-order valence-electron chi connectivity index (χ4n) is 3.68. The number of aromatic nitrogens is 2. The molecule has 4 atom stereocenters. The molecule has 2 aromatic rings. The predicted molar refractivity (Wildman–Crippen MR) is 91.2 cm³/mol. The highest BCUT2D eigenvalue weighted by Crippen LogP contribution is 2.48. The van der Waals surface area contributed by atoms with Crippen LogP contribution in [0.4, 0.5) is 5.69 Å². The van der Waals surface area contributed by atoms with Gasteiger partial charge in [-0.15, -0.1) is 0 Å². The summed E-state index contributed by atoms with van der Waals surface area (Å²) in [6, 6.07) is 6.91. The zero-order chi connectivity index (χ0) is 16.7. The Morgan fingerprint density at radius 1 is 1.17 bits per heavy atom. The first-order chi connectivity index (χ1) is 11.6. The Kier molecular flexibility index (Phi) is 4.16. The molecular formula is C17H15Cl2N3O2. The highest BCUT2D eigenvalue weighted by molar-refractivity contribution is 6.42. The lowest BCUT2D eigenvalue weighted by Crippen LogP contribution is -2.36. The summed E-state index contributed by atoms with van der Waals surface area (Å²) in [5, 5.41) is 3.79. The van der Waals surface area contributed by atoms with Crippen molar-refractivity contribution in [1.29, 1.82) is 0 Å². The van der Waals surface area contributed by atoms with Crippen molar-refractivity contribution in [3.63, 3.8) is 0 Å². The molecule has 4 rings (SSSR count). The summed E-state index contributed by atoms with van der Waals surface area (Å²) in [6.45, 7) is 0.